The van der Waals surface area contributed by atoms with Crippen molar-refractivity contribution in [2.75, 3.05) is 32.7 Å². The Bertz CT molecular complexity index is 1300. The molecule has 2 aromatic heterocycles. The number of hydrogen-bond donors (Lipinski definition) is 3. The first-order valence-corrected chi connectivity index (χ1v) is 13.9. The Hall–Kier alpha value is -3.39. The first kappa shape index (κ1) is 24.9. The molecule has 1 amide bonds. The number of carboxylic acids is 1. The van der Waals surface area contributed by atoms with Crippen LogP contribution in [0.2, 0.25) is 0 Å². The third-order valence-electron chi connectivity index (χ3n) is 9.07. The lowest BCUT2D eigenvalue weighted by molar-refractivity contribution is -0.155. The van der Waals surface area contributed by atoms with Gasteiger partial charge in [0.05, 0.1) is 29.4 Å². The zero-order chi connectivity index (χ0) is 26.3. The topological polar surface area (TPSA) is 110 Å². The van der Waals surface area contributed by atoms with Crippen LogP contribution >= 0.6 is 0 Å². The summed E-state index contributed by atoms with van der Waals surface area (Å²) in [5, 5.41) is 22.1. The molecule has 0 bridgehead atoms. The van der Waals surface area contributed by atoms with Crippen molar-refractivity contribution in [2.24, 2.45) is 11.3 Å². The van der Waals surface area contributed by atoms with Gasteiger partial charge in [-0.1, -0.05) is 25.0 Å². The van der Waals surface area contributed by atoms with Crippen LogP contribution in [0.3, 0.4) is 0 Å². The molecular formula is C30H36N4O4. The second-order valence-electron chi connectivity index (χ2n) is 11.6. The average Bonchev–Trinajstić information content (AvgIpc) is 3.63. The number of carboxylic acid groups (broad SMARTS) is 1. The van der Waals surface area contributed by atoms with Gasteiger partial charge in [-0.2, -0.15) is 0 Å². The highest BCUT2D eigenvalue weighted by Crippen LogP contribution is 2.46. The van der Waals surface area contributed by atoms with E-state index in [4.69, 9.17) is 0 Å². The first-order chi connectivity index (χ1) is 18.4. The number of para-hydroxylation sites is 1. The van der Waals surface area contributed by atoms with E-state index >= 15 is 0 Å². The van der Waals surface area contributed by atoms with Crippen molar-refractivity contribution in [3.05, 3.63) is 48.3 Å². The molecule has 3 fully saturated rings. The third-order valence-corrected chi connectivity index (χ3v) is 9.07. The van der Waals surface area contributed by atoms with E-state index in [2.05, 4.69) is 14.9 Å². The lowest BCUT2D eigenvalue weighted by Gasteiger charge is -2.40. The number of aromatic hydroxyl groups is 1. The van der Waals surface area contributed by atoms with Gasteiger partial charge in [-0.15, -0.1) is 0 Å². The first-order valence-electron chi connectivity index (χ1n) is 13.9. The van der Waals surface area contributed by atoms with Crippen LogP contribution in [0.1, 0.15) is 56.4 Å². The molecule has 200 valence electrons. The van der Waals surface area contributed by atoms with E-state index in [-0.39, 0.29) is 11.8 Å². The quantitative estimate of drug-likeness (QED) is 0.423. The maximum Gasteiger partial charge on any atom is 0.309 e. The number of fused-ring (bicyclic) bond motifs is 1. The number of aliphatic carboxylic acids is 1. The zero-order valence-electron chi connectivity index (χ0n) is 21.7. The number of carbonyl (C=O) groups excluding carboxylic acids is 1. The van der Waals surface area contributed by atoms with Crippen LogP contribution in [0, 0.1) is 11.3 Å². The summed E-state index contributed by atoms with van der Waals surface area (Å²) in [6.45, 7) is 3.06. The molecule has 2 aliphatic heterocycles. The van der Waals surface area contributed by atoms with Gasteiger partial charge in [-0.05, 0) is 80.8 Å². The smallest absolute Gasteiger partial charge is 0.309 e. The molecule has 38 heavy (non-hydrogen) atoms. The Balaban J connectivity index is 1.05. The van der Waals surface area contributed by atoms with E-state index in [0.29, 0.717) is 44.1 Å². The van der Waals surface area contributed by atoms with Crippen molar-refractivity contribution < 1.29 is 19.8 Å². The number of nitrogens with zero attached hydrogens (tertiary/aromatic N) is 3. The van der Waals surface area contributed by atoms with Gasteiger partial charge in [0.25, 0.3) is 0 Å². The molecule has 3 N–H and O–H groups in total. The lowest BCUT2D eigenvalue weighted by Crippen LogP contribution is -2.50. The maximum atomic E-state index is 13.1. The lowest BCUT2D eigenvalue weighted by atomic mass is 9.74. The molecule has 2 saturated heterocycles. The number of carbonyl (C=O) groups is 2. The summed E-state index contributed by atoms with van der Waals surface area (Å²) < 4.78 is 0. The van der Waals surface area contributed by atoms with Crippen LogP contribution in [0.5, 0.6) is 5.75 Å². The Kier molecular flexibility index (Phi) is 6.60. The summed E-state index contributed by atoms with van der Waals surface area (Å²) in [6, 6.07) is 9.94. The molecule has 1 aromatic carbocycles. The molecule has 0 atom stereocenters. The number of phenols is 1. The minimum Gasteiger partial charge on any atom is -0.507 e. The van der Waals surface area contributed by atoms with Crippen molar-refractivity contribution in [1.82, 2.24) is 19.8 Å². The van der Waals surface area contributed by atoms with E-state index < -0.39 is 11.4 Å². The van der Waals surface area contributed by atoms with E-state index in [1.807, 2.05) is 35.2 Å². The van der Waals surface area contributed by atoms with E-state index in [0.717, 1.165) is 72.9 Å². The number of piperidine rings is 2. The predicted octanol–water partition coefficient (Wildman–Crippen LogP) is 4.61. The van der Waals surface area contributed by atoms with E-state index in [1.165, 1.54) is 0 Å². The maximum absolute atomic E-state index is 13.1. The summed E-state index contributed by atoms with van der Waals surface area (Å²) in [6.07, 6.45) is 9.51. The molecule has 0 unspecified atom stereocenters. The van der Waals surface area contributed by atoms with Gasteiger partial charge in [-0.3, -0.25) is 19.5 Å². The van der Waals surface area contributed by atoms with Crippen LogP contribution < -0.4 is 0 Å². The highest BCUT2D eigenvalue weighted by molar-refractivity contribution is 5.86. The van der Waals surface area contributed by atoms with Gasteiger partial charge in [-0.25, -0.2) is 0 Å². The fourth-order valence-corrected chi connectivity index (χ4v) is 6.48. The monoisotopic (exact) mass is 516 g/mol. The van der Waals surface area contributed by atoms with E-state index in [9.17, 15) is 19.8 Å². The number of phenolic OH excluding ortho intramolecular Hbond substituents is 1. The summed E-state index contributed by atoms with van der Waals surface area (Å²) in [5.74, 6) is 0.540. The Morgan fingerprint density at radius 1 is 1.05 bits per heavy atom. The Morgan fingerprint density at radius 3 is 2.50 bits per heavy atom. The standard InChI is InChI=1S/C30H36N4O4/c35-27(34-14-9-30(10-15-34,29(37)38)17-20-4-5-20)19-33-12-7-21(8-13-33)23-2-1-3-24(28(23)36)25-16-22-6-11-31-18-26(22)32-25/h1-3,6,11,16,18,20-21,32,36H,4-5,7-10,12-15,17,19H2,(H,37,38). The minimum absolute atomic E-state index is 0.104. The molecule has 3 aromatic rings. The second kappa shape index (κ2) is 10.1. The van der Waals surface area contributed by atoms with Crippen LogP contribution in [-0.2, 0) is 9.59 Å². The molecule has 8 nitrogen and oxygen atoms in total. The van der Waals surface area contributed by atoms with Gasteiger partial charge < -0.3 is 20.1 Å². The van der Waals surface area contributed by atoms with Crippen LogP contribution in [0.25, 0.3) is 22.2 Å². The van der Waals surface area contributed by atoms with Crippen LogP contribution in [-0.4, -0.2) is 74.6 Å². The van der Waals surface area contributed by atoms with Crippen molar-refractivity contribution in [3.8, 4) is 17.0 Å². The van der Waals surface area contributed by atoms with Crippen LogP contribution in [0.15, 0.2) is 42.7 Å². The Morgan fingerprint density at radius 2 is 1.82 bits per heavy atom. The summed E-state index contributed by atoms with van der Waals surface area (Å²) in [4.78, 5) is 36.7. The van der Waals surface area contributed by atoms with Gasteiger partial charge >= 0.3 is 5.97 Å². The minimum atomic E-state index is -0.688. The molecule has 4 heterocycles. The van der Waals surface area contributed by atoms with Crippen LogP contribution in [0.4, 0.5) is 0 Å². The van der Waals surface area contributed by atoms with Crippen molar-refractivity contribution in [2.45, 2.75) is 50.9 Å². The number of nitrogens with one attached hydrogen (secondary N) is 1. The SMILES string of the molecule is O=C(CN1CCC(c2cccc(-c3cc4ccncc4[nH]3)c2O)CC1)N1CCC(CC2CC2)(C(=O)O)CC1. The van der Waals surface area contributed by atoms with Gasteiger partial charge in [0.2, 0.25) is 5.91 Å². The highest BCUT2D eigenvalue weighted by atomic mass is 16.4. The third kappa shape index (κ3) is 4.89. The molecule has 0 radical (unpaired) electrons. The molecule has 6 rings (SSSR count). The molecule has 3 aliphatic rings. The molecule has 1 aliphatic carbocycles. The van der Waals surface area contributed by atoms with Gasteiger partial charge in [0, 0.05) is 30.2 Å². The average molecular weight is 517 g/mol. The number of hydrogen-bond acceptors (Lipinski definition) is 5. The number of aromatic amines is 1. The summed E-state index contributed by atoms with van der Waals surface area (Å²) >= 11 is 0. The number of rotatable bonds is 7. The molecule has 8 heteroatoms. The van der Waals surface area contributed by atoms with Crippen molar-refractivity contribution >= 4 is 22.8 Å². The molecular weight excluding hydrogens is 480 g/mol. The van der Waals surface area contributed by atoms with Crippen molar-refractivity contribution in [3.63, 3.8) is 0 Å². The number of pyridine rings is 1. The number of aromatic nitrogens is 2. The molecule has 0 spiro atoms. The number of amides is 1. The number of benzene rings is 1. The summed E-state index contributed by atoms with van der Waals surface area (Å²) in [5.41, 5.74) is 2.93. The summed E-state index contributed by atoms with van der Waals surface area (Å²) in [7, 11) is 0. The highest BCUT2D eigenvalue weighted by Gasteiger charge is 2.45. The normalized spacial score (nSPS) is 20.6. The van der Waals surface area contributed by atoms with Gasteiger partial charge in [0.1, 0.15) is 5.75 Å². The zero-order valence-corrected chi connectivity index (χ0v) is 21.7. The number of H-pyrrole nitrogens is 1. The van der Waals surface area contributed by atoms with Gasteiger partial charge in [0.15, 0.2) is 0 Å². The van der Waals surface area contributed by atoms with Crippen molar-refractivity contribution in [1.29, 1.82) is 0 Å². The van der Waals surface area contributed by atoms with E-state index in [1.54, 1.807) is 12.4 Å². The molecule has 1 saturated carbocycles. The predicted molar refractivity (Wildman–Crippen MR) is 145 cm³/mol. The largest absolute Gasteiger partial charge is 0.507 e. The second-order valence-corrected chi connectivity index (χ2v) is 11.6. The fourth-order valence-electron chi connectivity index (χ4n) is 6.48. The fraction of sp³-hybridized carbons (Fsp3) is 0.500. The Labute approximate surface area is 222 Å². The number of likely N-dealkylation sites (tertiary alicyclic amines) is 2.